The van der Waals surface area contributed by atoms with E-state index in [-0.39, 0.29) is 11.8 Å². The number of carboxylic acids is 1. The number of piperidine rings is 1. The minimum Gasteiger partial charge on any atom is -0.497 e. The van der Waals surface area contributed by atoms with E-state index in [0.717, 1.165) is 16.9 Å². The van der Waals surface area contributed by atoms with E-state index in [2.05, 4.69) is 0 Å². The summed E-state index contributed by atoms with van der Waals surface area (Å²) >= 11 is 0. The van der Waals surface area contributed by atoms with Crippen molar-refractivity contribution in [2.45, 2.75) is 31.1 Å². The summed E-state index contributed by atoms with van der Waals surface area (Å²) in [6, 6.07) is 16.9. The standard InChI is InChI=1S/C22H25NO4/c1-16(17-7-6-10-19(15-17)27-2)20(24)23-13-11-22(12-14-23,21(25)26)18-8-4-3-5-9-18/h3-10,15-16H,11-14H2,1-2H3,(H,25,26). The number of ether oxygens (including phenoxy) is 1. The van der Waals surface area contributed by atoms with Gasteiger partial charge in [-0.05, 0) is 43.0 Å². The summed E-state index contributed by atoms with van der Waals surface area (Å²) in [5.74, 6) is -0.370. The van der Waals surface area contributed by atoms with Crippen LogP contribution in [0.2, 0.25) is 0 Å². The zero-order chi connectivity index (χ0) is 19.4. The molecule has 2 aromatic rings. The van der Waals surface area contributed by atoms with Gasteiger partial charge in [0.2, 0.25) is 5.91 Å². The minimum absolute atomic E-state index is 0.0234. The van der Waals surface area contributed by atoms with Crippen LogP contribution in [0.4, 0.5) is 0 Å². The van der Waals surface area contributed by atoms with Gasteiger partial charge in [0.05, 0.1) is 18.4 Å². The van der Waals surface area contributed by atoms with Gasteiger partial charge in [0.25, 0.3) is 0 Å². The fourth-order valence-corrected chi connectivity index (χ4v) is 3.82. The molecule has 0 aliphatic carbocycles. The topological polar surface area (TPSA) is 66.8 Å². The van der Waals surface area contributed by atoms with Gasteiger partial charge in [-0.25, -0.2) is 0 Å². The van der Waals surface area contributed by atoms with Gasteiger partial charge >= 0.3 is 5.97 Å². The van der Waals surface area contributed by atoms with Crippen molar-refractivity contribution in [3.63, 3.8) is 0 Å². The third-order valence-electron chi connectivity index (χ3n) is 5.63. The molecule has 0 saturated carbocycles. The molecule has 1 amide bonds. The van der Waals surface area contributed by atoms with Gasteiger partial charge in [0.15, 0.2) is 0 Å². The van der Waals surface area contributed by atoms with E-state index in [1.807, 2.05) is 61.5 Å². The van der Waals surface area contributed by atoms with E-state index in [9.17, 15) is 14.7 Å². The molecule has 1 aliphatic heterocycles. The number of hydrogen-bond donors (Lipinski definition) is 1. The molecule has 27 heavy (non-hydrogen) atoms. The highest BCUT2D eigenvalue weighted by atomic mass is 16.5. The molecule has 1 unspecified atom stereocenters. The van der Waals surface area contributed by atoms with Gasteiger partial charge in [-0.2, -0.15) is 0 Å². The van der Waals surface area contributed by atoms with E-state index >= 15 is 0 Å². The molecule has 1 aliphatic rings. The van der Waals surface area contributed by atoms with E-state index < -0.39 is 11.4 Å². The van der Waals surface area contributed by atoms with Crippen LogP contribution < -0.4 is 4.74 Å². The average molecular weight is 367 g/mol. The predicted molar refractivity (Wildman–Crippen MR) is 103 cm³/mol. The lowest BCUT2D eigenvalue weighted by Gasteiger charge is -2.40. The molecule has 3 rings (SSSR count). The molecule has 1 fully saturated rings. The van der Waals surface area contributed by atoms with Crippen LogP contribution in [0.15, 0.2) is 54.6 Å². The molecule has 2 aromatic carbocycles. The van der Waals surface area contributed by atoms with Gasteiger partial charge in [0, 0.05) is 13.1 Å². The van der Waals surface area contributed by atoms with E-state index in [1.54, 1.807) is 12.0 Å². The van der Waals surface area contributed by atoms with Gasteiger partial charge in [0.1, 0.15) is 5.75 Å². The number of hydrogen-bond acceptors (Lipinski definition) is 3. The second-order valence-corrected chi connectivity index (χ2v) is 7.08. The Labute approximate surface area is 159 Å². The first-order chi connectivity index (χ1) is 13.0. The van der Waals surface area contributed by atoms with Crippen molar-refractivity contribution in [2.75, 3.05) is 20.2 Å². The number of carboxylic acid groups (broad SMARTS) is 1. The fourth-order valence-electron chi connectivity index (χ4n) is 3.82. The normalized spacial score (nSPS) is 17.2. The Bertz CT molecular complexity index is 810. The molecule has 0 radical (unpaired) electrons. The lowest BCUT2D eigenvalue weighted by Crippen LogP contribution is -2.49. The third-order valence-corrected chi connectivity index (χ3v) is 5.63. The summed E-state index contributed by atoms with van der Waals surface area (Å²) < 4.78 is 5.24. The summed E-state index contributed by atoms with van der Waals surface area (Å²) in [5.41, 5.74) is 0.792. The van der Waals surface area contributed by atoms with Crippen LogP contribution in [0.1, 0.15) is 36.8 Å². The van der Waals surface area contributed by atoms with E-state index in [1.165, 1.54) is 0 Å². The van der Waals surface area contributed by atoms with Crippen LogP contribution in [-0.4, -0.2) is 42.1 Å². The van der Waals surface area contributed by atoms with Crippen LogP contribution in [0.25, 0.3) is 0 Å². The zero-order valence-electron chi connectivity index (χ0n) is 15.7. The Morgan fingerprint density at radius 2 is 1.74 bits per heavy atom. The Hall–Kier alpha value is -2.82. The first-order valence-electron chi connectivity index (χ1n) is 9.19. The Morgan fingerprint density at radius 3 is 2.33 bits per heavy atom. The molecule has 1 heterocycles. The smallest absolute Gasteiger partial charge is 0.314 e. The van der Waals surface area contributed by atoms with Crippen molar-refractivity contribution in [1.82, 2.24) is 4.90 Å². The van der Waals surface area contributed by atoms with Gasteiger partial charge in [-0.15, -0.1) is 0 Å². The SMILES string of the molecule is COc1cccc(C(C)C(=O)N2CCC(C(=O)O)(c3ccccc3)CC2)c1. The Kier molecular flexibility index (Phi) is 5.49. The highest BCUT2D eigenvalue weighted by Crippen LogP contribution is 2.36. The number of likely N-dealkylation sites (tertiary alicyclic amines) is 1. The molecule has 1 N–H and O–H groups in total. The maximum absolute atomic E-state index is 13.0. The van der Waals surface area contributed by atoms with Crippen LogP contribution in [0.5, 0.6) is 5.75 Å². The molecule has 1 saturated heterocycles. The van der Waals surface area contributed by atoms with Crippen LogP contribution in [0.3, 0.4) is 0 Å². The number of carbonyl (C=O) groups is 2. The second-order valence-electron chi connectivity index (χ2n) is 7.08. The highest BCUT2D eigenvalue weighted by Gasteiger charge is 2.44. The van der Waals surface area contributed by atoms with Crippen molar-refractivity contribution in [3.05, 3.63) is 65.7 Å². The van der Waals surface area contributed by atoms with E-state index in [0.29, 0.717) is 25.9 Å². The molecule has 5 heteroatoms. The zero-order valence-corrected chi connectivity index (χ0v) is 15.7. The number of rotatable bonds is 5. The number of aliphatic carboxylic acids is 1. The summed E-state index contributed by atoms with van der Waals surface area (Å²) in [4.78, 5) is 26.8. The third kappa shape index (κ3) is 3.68. The fraction of sp³-hybridized carbons (Fsp3) is 0.364. The minimum atomic E-state index is -0.919. The average Bonchev–Trinajstić information content (AvgIpc) is 2.73. The van der Waals surface area contributed by atoms with Crippen molar-refractivity contribution in [2.24, 2.45) is 0 Å². The lowest BCUT2D eigenvalue weighted by atomic mass is 9.72. The van der Waals surface area contributed by atoms with E-state index in [4.69, 9.17) is 4.74 Å². The molecule has 1 atom stereocenters. The molecule has 0 aromatic heterocycles. The van der Waals surface area contributed by atoms with Crippen molar-refractivity contribution in [3.8, 4) is 5.75 Å². The quantitative estimate of drug-likeness (QED) is 0.879. The van der Waals surface area contributed by atoms with Gasteiger partial charge in [-0.3, -0.25) is 9.59 Å². The van der Waals surface area contributed by atoms with Crippen molar-refractivity contribution in [1.29, 1.82) is 0 Å². The van der Waals surface area contributed by atoms with Crippen molar-refractivity contribution >= 4 is 11.9 Å². The Morgan fingerprint density at radius 1 is 1.07 bits per heavy atom. The maximum Gasteiger partial charge on any atom is 0.314 e. The number of carbonyl (C=O) groups excluding carboxylic acids is 1. The van der Waals surface area contributed by atoms with Crippen LogP contribution >= 0.6 is 0 Å². The summed E-state index contributed by atoms with van der Waals surface area (Å²) in [5, 5.41) is 9.89. The van der Waals surface area contributed by atoms with Crippen LogP contribution in [-0.2, 0) is 15.0 Å². The number of methoxy groups -OCH3 is 1. The second kappa shape index (κ2) is 7.82. The predicted octanol–water partition coefficient (Wildman–Crippen LogP) is 3.44. The molecule has 0 spiro atoms. The van der Waals surface area contributed by atoms with Gasteiger partial charge in [-0.1, -0.05) is 42.5 Å². The molecular formula is C22H25NO4. The first-order valence-corrected chi connectivity index (χ1v) is 9.19. The molecule has 5 nitrogen and oxygen atoms in total. The molecular weight excluding hydrogens is 342 g/mol. The summed E-state index contributed by atoms with van der Waals surface area (Å²) in [7, 11) is 1.60. The summed E-state index contributed by atoms with van der Waals surface area (Å²) in [6.45, 7) is 2.76. The Balaban J connectivity index is 1.74. The number of benzene rings is 2. The van der Waals surface area contributed by atoms with Crippen molar-refractivity contribution < 1.29 is 19.4 Å². The number of amides is 1. The number of nitrogens with zero attached hydrogens (tertiary/aromatic N) is 1. The lowest BCUT2D eigenvalue weighted by molar-refractivity contribution is -0.148. The monoisotopic (exact) mass is 367 g/mol. The molecule has 0 bridgehead atoms. The largest absolute Gasteiger partial charge is 0.497 e. The van der Waals surface area contributed by atoms with Crippen LogP contribution in [0, 0.1) is 0 Å². The highest BCUT2D eigenvalue weighted by molar-refractivity contribution is 5.85. The maximum atomic E-state index is 13.0. The molecule has 142 valence electrons. The van der Waals surface area contributed by atoms with Gasteiger partial charge < -0.3 is 14.7 Å². The first kappa shape index (κ1) is 19.0. The summed E-state index contributed by atoms with van der Waals surface area (Å²) in [6.07, 6.45) is 0.839.